The van der Waals surface area contributed by atoms with Crippen LogP contribution in [0.1, 0.15) is 5.56 Å². The summed E-state index contributed by atoms with van der Waals surface area (Å²) >= 11 is 0. The largest absolute Gasteiger partial charge is 0.497 e. The van der Waals surface area contributed by atoms with Crippen LogP contribution >= 0.6 is 0 Å². The first kappa shape index (κ1) is 20.5. The van der Waals surface area contributed by atoms with Crippen LogP contribution in [0.4, 0.5) is 5.69 Å². The lowest BCUT2D eigenvalue weighted by molar-refractivity contribution is 0.390. The van der Waals surface area contributed by atoms with E-state index in [-0.39, 0.29) is 17.2 Å². The number of para-hydroxylation sites is 1. The highest BCUT2D eigenvalue weighted by atomic mass is 32.2. The molecule has 3 aromatic rings. The zero-order valence-corrected chi connectivity index (χ0v) is 16.9. The molecule has 8 heteroatoms. The second kappa shape index (κ2) is 8.85. The Labute approximate surface area is 170 Å². The highest BCUT2D eigenvalue weighted by Gasteiger charge is 2.21. The number of nitrogen functional groups attached to an aromatic ring is 1. The van der Waals surface area contributed by atoms with E-state index in [4.69, 9.17) is 19.9 Å². The van der Waals surface area contributed by atoms with E-state index in [1.165, 1.54) is 19.2 Å². The highest BCUT2D eigenvalue weighted by Crippen LogP contribution is 2.31. The van der Waals surface area contributed by atoms with Crippen LogP contribution in [0, 0.1) is 0 Å². The molecule has 0 fully saturated rings. The topological polar surface area (TPSA) is 99.9 Å². The summed E-state index contributed by atoms with van der Waals surface area (Å²) in [6.07, 6.45) is 0. The maximum Gasteiger partial charge on any atom is 0.244 e. The minimum atomic E-state index is -3.91. The number of methoxy groups -OCH3 is 2. The lowest BCUT2D eigenvalue weighted by Gasteiger charge is -2.15. The van der Waals surface area contributed by atoms with E-state index in [1.807, 2.05) is 6.07 Å². The third-order valence-corrected chi connectivity index (χ3v) is 5.60. The summed E-state index contributed by atoms with van der Waals surface area (Å²) in [7, 11) is -0.857. The van der Waals surface area contributed by atoms with Gasteiger partial charge in [-0.3, -0.25) is 0 Å². The third kappa shape index (κ3) is 4.98. The summed E-state index contributed by atoms with van der Waals surface area (Å²) in [5, 5.41) is 0. The molecule has 29 heavy (non-hydrogen) atoms. The van der Waals surface area contributed by atoms with Crippen molar-refractivity contribution in [3.63, 3.8) is 0 Å². The van der Waals surface area contributed by atoms with Crippen LogP contribution in [0.3, 0.4) is 0 Å². The van der Waals surface area contributed by atoms with E-state index in [2.05, 4.69) is 4.72 Å². The quantitative estimate of drug-likeness (QED) is 0.547. The molecule has 7 nitrogen and oxygen atoms in total. The van der Waals surface area contributed by atoms with E-state index in [0.717, 1.165) is 0 Å². The maximum absolute atomic E-state index is 13.0. The molecule has 3 N–H and O–H groups in total. The first-order chi connectivity index (χ1) is 13.9. The fraction of sp³-hybridized carbons (Fsp3) is 0.143. The minimum absolute atomic E-state index is 0.0229. The van der Waals surface area contributed by atoms with Crippen molar-refractivity contribution >= 4 is 15.7 Å². The lowest BCUT2D eigenvalue weighted by atomic mass is 10.2. The van der Waals surface area contributed by atoms with Gasteiger partial charge in [0.25, 0.3) is 0 Å². The van der Waals surface area contributed by atoms with Gasteiger partial charge in [-0.25, -0.2) is 13.1 Å². The fourth-order valence-corrected chi connectivity index (χ4v) is 3.85. The Kier molecular flexibility index (Phi) is 6.26. The Morgan fingerprint density at radius 3 is 2.31 bits per heavy atom. The van der Waals surface area contributed by atoms with Crippen LogP contribution in [-0.4, -0.2) is 22.6 Å². The normalized spacial score (nSPS) is 11.1. The van der Waals surface area contributed by atoms with Gasteiger partial charge < -0.3 is 19.9 Å². The smallest absolute Gasteiger partial charge is 0.244 e. The lowest BCUT2D eigenvalue weighted by Crippen LogP contribution is -2.24. The molecular formula is C21H22N2O5S. The van der Waals surface area contributed by atoms with E-state index >= 15 is 0 Å². The standard InChI is InChI=1S/C21H22N2O5S/c1-26-18-10-8-15(20(13-18)27-2)14-23-29(24,25)21-12-16(22)9-11-19(21)28-17-6-4-3-5-7-17/h3-13,23H,14,22H2,1-2H3. The SMILES string of the molecule is COc1ccc(CNS(=O)(=O)c2cc(N)ccc2Oc2ccccc2)c(OC)c1. The summed E-state index contributed by atoms with van der Waals surface area (Å²) in [4.78, 5) is -0.0474. The second-order valence-electron chi connectivity index (χ2n) is 6.12. The van der Waals surface area contributed by atoms with Gasteiger partial charge in [0.05, 0.1) is 14.2 Å². The molecule has 0 saturated carbocycles. The monoisotopic (exact) mass is 414 g/mol. The minimum Gasteiger partial charge on any atom is -0.497 e. The molecule has 0 amide bonds. The molecule has 0 unspecified atom stereocenters. The molecule has 0 heterocycles. The summed E-state index contributed by atoms with van der Waals surface area (Å²) in [6.45, 7) is 0.0229. The van der Waals surface area contributed by atoms with Gasteiger partial charge in [0, 0.05) is 23.9 Å². The van der Waals surface area contributed by atoms with Crippen LogP contribution in [0.5, 0.6) is 23.0 Å². The first-order valence-electron chi connectivity index (χ1n) is 8.76. The number of nitrogens with one attached hydrogen (secondary N) is 1. The Hall–Kier alpha value is -3.23. The number of hydrogen-bond donors (Lipinski definition) is 2. The van der Waals surface area contributed by atoms with Crippen LogP contribution in [0.25, 0.3) is 0 Å². The highest BCUT2D eigenvalue weighted by molar-refractivity contribution is 7.89. The van der Waals surface area contributed by atoms with Crippen molar-refractivity contribution in [2.24, 2.45) is 0 Å². The van der Waals surface area contributed by atoms with Crippen molar-refractivity contribution in [2.75, 3.05) is 20.0 Å². The second-order valence-corrected chi connectivity index (χ2v) is 7.86. The van der Waals surface area contributed by atoms with E-state index in [1.54, 1.807) is 55.6 Å². The zero-order valence-electron chi connectivity index (χ0n) is 16.1. The third-order valence-electron chi connectivity index (χ3n) is 4.18. The molecule has 0 atom stereocenters. The van der Waals surface area contributed by atoms with Gasteiger partial charge in [-0.05, 0) is 36.4 Å². The van der Waals surface area contributed by atoms with Gasteiger partial charge >= 0.3 is 0 Å². The number of ether oxygens (including phenoxy) is 3. The average molecular weight is 414 g/mol. The molecule has 0 bridgehead atoms. The van der Waals surface area contributed by atoms with Crippen LogP contribution in [-0.2, 0) is 16.6 Å². The Morgan fingerprint density at radius 1 is 0.862 bits per heavy atom. The maximum atomic E-state index is 13.0. The number of rotatable bonds is 8. The molecule has 152 valence electrons. The van der Waals surface area contributed by atoms with Crippen molar-refractivity contribution < 1.29 is 22.6 Å². The van der Waals surface area contributed by atoms with Gasteiger partial charge in [-0.1, -0.05) is 24.3 Å². The van der Waals surface area contributed by atoms with E-state index in [9.17, 15) is 8.42 Å². The molecule has 3 rings (SSSR count). The predicted molar refractivity (Wildman–Crippen MR) is 111 cm³/mol. The number of benzene rings is 3. The Morgan fingerprint density at radius 2 is 1.62 bits per heavy atom. The number of hydrogen-bond acceptors (Lipinski definition) is 6. The number of sulfonamides is 1. The van der Waals surface area contributed by atoms with Gasteiger partial charge in [-0.15, -0.1) is 0 Å². The fourth-order valence-electron chi connectivity index (χ4n) is 2.68. The first-order valence-corrected chi connectivity index (χ1v) is 10.2. The predicted octanol–water partition coefficient (Wildman–Crippen LogP) is 3.56. The van der Waals surface area contributed by atoms with Gasteiger partial charge in [0.2, 0.25) is 10.0 Å². The molecule has 0 radical (unpaired) electrons. The van der Waals surface area contributed by atoms with Crippen molar-refractivity contribution in [1.29, 1.82) is 0 Å². The molecule has 0 saturated heterocycles. The zero-order chi connectivity index (χ0) is 20.9. The Balaban J connectivity index is 1.87. The van der Waals surface area contributed by atoms with Gasteiger partial charge in [0.1, 0.15) is 27.9 Å². The van der Waals surface area contributed by atoms with Gasteiger partial charge in [0.15, 0.2) is 0 Å². The summed E-state index contributed by atoms with van der Waals surface area (Å²) in [6, 6.07) is 18.6. The molecule has 0 spiro atoms. The van der Waals surface area contributed by atoms with Crippen molar-refractivity contribution in [3.05, 3.63) is 72.3 Å². The number of anilines is 1. The molecule has 0 aromatic heterocycles. The van der Waals surface area contributed by atoms with Crippen LogP contribution in [0.15, 0.2) is 71.6 Å². The van der Waals surface area contributed by atoms with Gasteiger partial charge in [-0.2, -0.15) is 0 Å². The summed E-state index contributed by atoms with van der Waals surface area (Å²) in [5.41, 5.74) is 6.79. The molecular weight excluding hydrogens is 392 g/mol. The van der Waals surface area contributed by atoms with Crippen LogP contribution in [0.2, 0.25) is 0 Å². The van der Waals surface area contributed by atoms with Crippen LogP contribution < -0.4 is 24.7 Å². The summed E-state index contributed by atoms with van der Waals surface area (Å²) < 4.78 is 44.8. The van der Waals surface area contributed by atoms with E-state index < -0.39 is 10.0 Å². The summed E-state index contributed by atoms with van der Waals surface area (Å²) in [5.74, 6) is 1.83. The average Bonchev–Trinajstić information content (AvgIpc) is 2.74. The molecule has 0 aliphatic carbocycles. The Bertz CT molecular complexity index is 1090. The van der Waals surface area contributed by atoms with Crippen molar-refractivity contribution in [3.8, 4) is 23.0 Å². The van der Waals surface area contributed by atoms with Crippen molar-refractivity contribution in [2.45, 2.75) is 11.4 Å². The molecule has 3 aromatic carbocycles. The molecule has 0 aliphatic rings. The number of nitrogens with two attached hydrogens (primary N) is 1. The van der Waals surface area contributed by atoms with Crippen molar-refractivity contribution in [1.82, 2.24) is 4.72 Å². The van der Waals surface area contributed by atoms with E-state index in [0.29, 0.717) is 28.5 Å². The molecule has 0 aliphatic heterocycles.